The molecule has 0 spiro atoms. The van der Waals surface area contributed by atoms with E-state index in [1.165, 1.54) is 11.3 Å². The molecule has 2 aromatic heterocycles. The van der Waals surface area contributed by atoms with Crippen LogP contribution in [0.2, 0.25) is 0 Å². The number of rotatable bonds is 9. The van der Waals surface area contributed by atoms with Crippen LogP contribution in [0.5, 0.6) is 5.75 Å². The molecule has 0 atom stereocenters. The Morgan fingerprint density at radius 2 is 1.86 bits per heavy atom. The molecule has 0 fully saturated rings. The van der Waals surface area contributed by atoms with Crippen LogP contribution in [0.15, 0.2) is 72.8 Å². The highest BCUT2D eigenvalue weighted by Gasteiger charge is 2.25. The van der Waals surface area contributed by atoms with Crippen molar-refractivity contribution in [1.82, 2.24) is 9.97 Å². The summed E-state index contributed by atoms with van der Waals surface area (Å²) in [6, 6.07) is 22.7. The van der Waals surface area contributed by atoms with Crippen molar-refractivity contribution in [2.24, 2.45) is 0 Å². The number of anilines is 2. The number of carboxylic acid groups (broad SMARTS) is 1. The summed E-state index contributed by atoms with van der Waals surface area (Å²) in [5, 5.41) is 13.7. The number of thiazole rings is 1. The lowest BCUT2D eigenvalue weighted by Gasteiger charge is -2.31. The predicted octanol–water partition coefficient (Wildman–Crippen LogP) is 7.19. The number of pyridine rings is 1. The molecule has 218 valence electrons. The third-order valence-electron chi connectivity index (χ3n) is 7.55. The van der Waals surface area contributed by atoms with Crippen LogP contribution in [0.1, 0.15) is 44.0 Å². The molecule has 0 radical (unpaired) electrons. The summed E-state index contributed by atoms with van der Waals surface area (Å²) in [7, 11) is 0. The van der Waals surface area contributed by atoms with E-state index in [0.717, 1.165) is 32.5 Å². The van der Waals surface area contributed by atoms with Crippen molar-refractivity contribution in [2.45, 2.75) is 26.3 Å². The second-order valence-electron chi connectivity index (χ2n) is 10.2. The summed E-state index contributed by atoms with van der Waals surface area (Å²) in [5.74, 6) is 0.394. The fourth-order valence-corrected chi connectivity index (χ4v) is 6.35. The average Bonchev–Trinajstić information content (AvgIpc) is 3.43. The van der Waals surface area contributed by atoms with E-state index in [0.29, 0.717) is 66.2 Å². The molecule has 43 heavy (non-hydrogen) atoms. The smallest absolute Gasteiger partial charge is 0.355 e. The second kappa shape index (κ2) is 12.4. The lowest BCUT2D eigenvalue weighted by Crippen LogP contribution is -2.33. The van der Waals surface area contributed by atoms with Crippen molar-refractivity contribution >= 4 is 56.0 Å². The van der Waals surface area contributed by atoms with Crippen molar-refractivity contribution < 1.29 is 19.4 Å². The maximum Gasteiger partial charge on any atom is 0.355 e. The second-order valence-corrected chi connectivity index (χ2v) is 11.7. The number of nitrogens with one attached hydrogen (secondary N) is 1. The fourth-order valence-electron chi connectivity index (χ4n) is 5.38. The number of carbonyl (C=O) groups excluding carboxylic acids is 1. The molecule has 2 N–H and O–H groups in total. The molecule has 3 aromatic carbocycles. The third kappa shape index (κ3) is 5.91. The van der Waals surface area contributed by atoms with Gasteiger partial charge in [0.1, 0.15) is 11.6 Å². The van der Waals surface area contributed by atoms with Crippen LogP contribution < -0.4 is 15.0 Å². The normalized spacial score (nSPS) is 12.7. The predicted molar refractivity (Wildman–Crippen MR) is 171 cm³/mol. The summed E-state index contributed by atoms with van der Waals surface area (Å²) in [4.78, 5) is 37.0. The number of hydrogen-bond donors (Lipinski definition) is 2. The lowest BCUT2D eigenvalue weighted by molar-refractivity contribution is 0.0691. The fraction of sp³-hybridized carbons (Fsp3) is 0.212. The van der Waals surface area contributed by atoms with Gasteiger partial charge in [-0.2, -0.15) is 0 Å². The number of ether oxygens (including phenoxy) is 1. The SMILES string of the molecule is Cc1c(OCCCCl)cccc1-c1ccc(N2CCc3cccc(C(=O)Nc4nc5ccccc5s4)c3C2)nc1C(=O)O. The van der Waals surface area contributed by atoms with Gasteiger partial charge in [0.15, 0.2) is 10.8 Å². The van der Waals surface area contributed by atoms with Crippen LogP contribution in [-0.2, 0) is 13.0 Å². The van der Waals surface area contributed by atoms with Crippen LogP contribution >= 0.6 is 22.9 Å². The molecule has 3 heterocycles. The number of para-hydroxylation sites is 1. The van der Waals surface area contributed by atoms with Gasteiger partial charge in [-0.3, -0.25) is 10.1 Å². The Hall–Kier alpha value is -4.47. The molecular weight excluding hydrogens is 584 g/mol. The number of amides is 1. The van der Waals surface area contributed by atoms with Gasteiger partial charge < -0.3 is 14.7 Å². The van der Waals surface area contributed by atoms with Gasteiger partial charge in [-0.25, -0.2) is 14.8 Å². The molecule has 1 aliphatic heterocycles. The van der Waals surface area contributed by atoms with Gasteiger partial charge in [0.25, 0.3) is 5.91 Å². The number of aromatic nitrogens is 2. The number of aromatic carboxylic acids is 1. The highest BCUT2D eigenvalue weighted by Crippen LogP contribution is 2.34. The van der Waals surface area contributed by atoms with E-state index in [9.17, 15) is 14.7 Å². The standard InChI is InChI=1S/C33H29ClN4O4S/c1-20-22(8-5-11-27(20)42-18-6-16-34)23-13-14-29(36-30(23)32(40)41)38-17-15-21-7-4-9-24(25(21)19-38)31(39)37-33-35-26-10-2-3-12-28(26)43-33/h2-5,7-14H,6,15-19H2,1H3,(H,40,41)(H,35,37,39). The Labute approximate surface area is 257 Å². The molecule has 1 amide bonds. The first kappa shape index (κ1) is 28.6. The first-order valence-electron chi connectivity index (χ1n) is 14.0. The Kier molecular flexibility index (Phi) is 8.26. The molecule has 8 nitrogen and oxygen atoms in total. The van der Waals surface area contributed by atoms with Crippen molar-refractivity contribution in [3.8, 4) is 16.9 Å². The topological polar surface area (TPSA) is 105 Å². The first-order valence-corrected chi connectivity index (χ1v) is 15.3. The molecule has 1 aliphatic rings. The zero-order valence-electron chi connectivity index (χ0n) is 23.5. The van der Waals surface area contributed by atoms with Gasteiger partial charge in [-0.1, -0.05) is 47.7 Å². The molecule has 0 bridgehead atoms. The van der Waals surface area contributed by atoms with Gasteiger partial charge in [0, 0.05) is 30.1 Å². The van der Waals surface area contributed by atoms with Gasteiger partial charge in [-0.15, -0.1) is 11.6 Å². The minimum absolute atomic E-state index is 0.0360. The number of halogens is 1. The number of benzene rings is 3. The number of fused-ring (bicyclic) bond motifs is 2. The molecular formula is C33H29ClN4O4S. The Morgan fingerprint density at radius 3 is 2.67 bits per heavy atom. The summed E-state index contributed by atoms with van der Waals surface area (Å²) < 4.78 is 6.88. The van der Waals surface area contributed by atoms with Crippen molar-refractivity contribution in [1.29, 1.82) is 0 Å². The molecule has 0 unspecified atom stereocenters. The number of carbonyl (C=O) groups is 2. The van der Waals surface area contributed by atoms with Crippen LogP contribution in [0.4, 0.5) is 10.9 Å². The summed E-state index contributed by atoms with van der Waals surface area (Å²) >= 11 is 7.22. The van der Waals surface area contributed by atoms with E-state index in [4.69, 9.17) is 16.3 Å². The largest absolute Gasteiger partial charge is 0.493 e. The van der Waals surface area contributed by atoms with E-state index in [-0.39, 0.29) is 11.6 Å². The minimum atomic E-state index is -1.11. The molecule has 5 aromatic rings. The lowest BCUT2D eigenvalue weighted by atomic mass is 9.94. The highest BCUT2D eigenvalue weighted by molar-refractivity contribution is 7.22. The minimum Gasteiger partial charge on any atom is -0.493 e. The quantitative estimate of drug-likeness (QED) is 0.134. The molecule has 6 rings (SSSR count). The van der Waals surface area contributed by atoms with Gasteiger partial charge in [-0.05, 0) is 78.4 Å². The monoisotopic (exact) mass is 612 g/mol. The van der Waals surface area contributed by atoms with Crippen molar-refractivity contribution in [3.63, 3.8) is 0 Å². The van der Waals surface area contributed by atoms with E-state index >= 15 is 0 Å². The van der Waals surface area contributed by atoms with Crippen LogP contribution in [0.25, 0.3) is 21.3 Å². The van der Waals surface area contributed by atoms with E-state index in [1.54, 1.807) is 6.07 Å². The van der Waals surface area contributed by atoms with E-state index in [2.05, 4.69) is 15.3 Å². The average molecular weight is 613 g/mol. The van der Waals surface area contributed by atoms with Gasteiger partial charge >= 0.3 is 5.97 Å². The number of alkyl halides is 1. The maximum absolute atomic E-state index is 13.4. The summed E-state index contributed by atoms with van der Waals surface area (Å²) in [6.07, 6.45) is 1.41. The van der Waals surface area contributed by atoms with E-state index < -0.39 is 5.97 Å². The van der Waals surface area contributed by atoms with E-state index in [1.807, 2.05) is 78.6 Å². The van der Waals surface area contributed by atoms with Crippen LogP contribution in [0, 0.1) is 6.92 Å². The van der Waals surface area contributed by atoms with Crippen LogP contribution in [-0.4, -0.2) is 46.0 Å². The Balaban J connectivity index is 1.27. The third-order valence-corrected chi connectivity index (χ3v) is 8.77. The van der Waals surface area contributed by atoms with Gasteiger partial charge in [0.2, 0.25) is 0 Å². The number of nitrogens with zero attached hydrogens (tertiary/aromatic N) is 3. The van der Waals surface area contributed by atoms with Crippen LogP contribution in [0.3, 0.4) is 0 Å². The number of hydrogen-bond acceptors (Lipinski definition) is 7. The zero-order valence-corrected chi connectivity index (χ0v) is 25.0. The summed E-state index contributed by atoms with van der Waals surface area (Å²) in [5.41, 5.74) is 5.46. The highest BCUT2D eigenvalue weighted by atomic mass is 35.5. The zero-order chi connectivity index (χ0) is 29.9. The molecule has 0 saturated carbocycles. The van der Waals surface area contributed by atoms with Crippen molar-refractivity contribution in [3.05, 3.63) is 101 Å². The molecule has 0 aliphatic carbocycles. The molecule has 10 heteroatoms. The molecule has 0 saturated heterocycles. The Bertz CT molecular complexity index is 1810. The maximum atomic E-state index is 13.4. The van der Waals surface area contributed by atoms with Gasteiger partial charge in [0.05, 0.1) is 16.8 Å². The summed E-state index contributed by atoms with van der Waals surface area (Å²) in [6.45, 7) is 3.46. The Morgan fingerprint density at radius 1 is 1.02 bits per heavy atom. The first-order chi connectivity index (χ1) is 20.9. The van der Waals surface area contributed by atoms with Crippen molar-refractivity contribution in [2.75, 3.05) is 29.2 Å². The number of carboxylic acids is 1.